The summed E-state index contributed by atoms with van der Waals surface area (Å²) in [7, 11) is 1.29. The number of aromatic nitrogens is 2. The third-order valence-corrected chi connectivity index (χ3v) is 4.16. The molecule has 5 nitrogen and oxygen atoms in total. The standard InChI is InChI=1S/C14H8BrFN2O3S/c1-20-14(19)9-6-22-13(17-9)10-11(15)21-12(18-10)7-2-4-8(16)5-3-7/h2-6H,1H3. The molecule has 1 aromatic carbocycles. The highest BCUT2D eigenvalue weighted by Crippen LogP contribution is 2.34. The van der Waals surface area contributed by atoms with Crippen LogP contribution >= 0.6 is 27.3 Å². The van der Waals surface area contributed by atoms with E-state index in [-0.39, 0.29) is 11.5 Å². The molecule has 2 heterocycles. The van der Waals surface area contributed by atoms with E-state index in [4.69, 9.17) is 4.42 Å². The van der Waals surface area contributed by atoms with Crippen LogP contribution < -0.4 is 0 Å². The Balaban J connectivity index is 1.97. The van der Waals surface area contributed by atoms with Crippen molar-refractivity contribution < 1.29 is 18.3 Å². The molecule has 0 aliphatic carbocycles. The van der Waals surface area contributed by atoms with Gasteiger partial charge in [-0.25, -0.2) is 19.2 Å². The van der Waals surface area contributed by atoms with Gasteiger partial charge in [0.15, 0.2) is 11.4 Å². The highest BCUT2D eigenvalue weighted by Gasteiger charge is 2.19. The van der Waals surface area contributed by atoms with Crippen molar-refractivity contribution in [2.24, 2.45) is 0 Å². The molecular formula is C14H8BrFN2O3S. The van der Waals surface area contributed by atoms with Crippen LogP contribution in [-0.4, -0.2) is 23.0 Å². The summed E-state index contributed by atoms with van der Waals surface area (Å²) < 4.78 is 23.5. The number of hydrogen-bond acceptors (Lipinski definition) is 6. The zero-order valence-electron chi connectivity index (χ0n) is 11.2. The summed E-state index contributed by atoms with van der Waals surface area (Å²) in [5.74, 6) is -0.519. The van der Waals surface area contributed by atoms with Crippen LogP contribution in [0.2, 0.25) is 0 Å². The number of hydrogen-bond donors (Lipinski definition) is 0. The summed E-state index contributed by atoms with van der Waals surface area (Å²) >= 11 is 4.52. The van der Waals surface area contributed by atoms with Crippen LogP contribution in [0.1, 0.15) is 10.5 Å². The second-order valence-corrected chi connectivity index (χ2v) is 5.76. The van der Waals surface area contributed by atoms with E-state index in [2.05, 4.69) is 30.6 Å². The Kier molecular flexibility index (Phi) is 4.04. The Bertz CT molecular complexity index is 829. The highest BCUT2D eigenvalue weighted by molar-refractivity contribution is 9.10. The van der Waals surface area contributed by atoms with Gasteiger partial charge in [-0.3, -0.25) is 0 Å². The van der Waals surface area contributed by atoms with Crippen LogP contribution in [0.15, 0.2) is 38.7 Å². The van der Waals surface area contributed by atoms with E-state index < -0.39 is 5.97 Å². The smallest absolute Gasteiger partial charge is 0.357 e. The summed E-state index contributed by atoms with van der Waals surface area (Å²) in [5, 5.41) is 2.10. The molecule has 0 N–H and O–H groups in total. The van der Waals surface area contributed by atoms with Crippen molar-refractivity contribution in [2.45, 2.75) is 0 Å². The van der Waals surface area contributed by atoms with Crippen molar-refractivity contribution in [3.8, 4) is 22.2 Å². The number of oxazole rings is 1. The molecule has 0 bridgehead atoms. The molecule has 0 saturated carbocycles. The van der Waals surface area contributed by atoms with Crippen LogP contribution in [0, 0.1) is 5.82 Å². The number of ether oxygens (including phenoxy) is 1. The first kappa shape index (κ1) is 14.9. The molecule has 3 rings (SSSR count). The zero-order chi connectivity index (χ0) is 15.7. The van der Waals surface area contributed by atoms with Crippen molar-refractivity contribution in [1.29, 1.82) is 0 Å². The largest absolute Gasteiger partial charge is 0.464 e. The van der Waals surface area contributed by atoms with Crippen molar-refractivity contribution in [3.05, 3.63) is 45.8 Å². The van der Waals surface area contributed by atoms with E-state index in [9.17, 15) is 9.18 Å². The SMILES string of the molecule is COC(=O)c1csc(-c2nc(-c3ccc(F)cc3)oc2Br)n1. The highest BCUT2D eigenvalue weighted by atomic mass is 79.9. The Morgan fingerprint density at radius 2 is 2.05 bits per heavy atom. The van der Waals surface area contributed by atoms with Gasteiger partial charge >= 0.3 is 5.97 Å². The number of nitrogens with zero attached hydrogens (tertiary/aromatic N) is 2. The Morgan fingerprint density at radius 3 is 2.73 bits per heavy atom. The van der Waals surface area contributed by atoms with Gasteiger partial charge < -0.3 is 9.15 Å². The predicted molar refractivity (Wildman–Crippen MR) is 82.0 cm³/mol. The minimum atomic E-state index is -0.513. The van der Waals surface area contributed by atoms with Gasteiger partial charge in [-0.1, -0.05) is 0 Å². The first-order valence-corrected chi connectivity index (χ1v) is 7.72. The fourth-order valence-corrected chi connectivity index (χ4v) is 3.06. The van der Waals surface area contributed by atoms with Gasteiger partial charge in [-0.2, -0.15) is 0 Å². The molecule has 0 aliphatic rings. The molecule has 22 heavy (non-hydrogen) atoms. The fraction of sp³-hybridized carbons (Fsp3) is 0.0714. The summed E-state index contributed by atoms with van der Waals surface area (Å²) in [5.41, 5.74) is 1.32. The normalized spacial score (nSPS) is 10.7. The molecule has 0 saturated heterocycles. The molecule has 0 atom stereocenters. The van der Waals surface area contributed by atoms with E-state index in [0.29, 0.717) is 26.8 Å². The van der Waals surface area contributed by atoms with E-state index in [1.165, 1.54) is 30.6 Å². The van der Waals surface area contributed by atoms with Crippen molar-refractivity contribution in [1.82, 2.24) is 9.97 Å². The lowest BCUT2D eigenvalue weighted by Crippen LogP contribution is -2.00. The van der Waals surface area contributed by atoms with Crippen LogP contribution in [0.3, 0.4) is 0 Å². The van der Waals surface area contributed by atoms with Crippen molar-refractivity contribution in [2.75, 3.05) is 7.11 Å². The number of carbonyl (C=O) groups excluding carboxylic acids is 1. The molecule has 2 aromatic heterocycles. The van der Waals surface area contributed by atoms with Crippen molar-refractivity contribution >= 4 is 33.2 Å². The Hall–Kier alpha value is -2.06. The molecule has 0 radical (unpaired) electrons. The van der Waals surface area contributed by atoms with E-state index in [1.54, 1.807) is 17.5 Å². The maximum atomic E-state index is 13.0. The lowest BCUT2D eigenvalue weighted by atomic mass is 10.2. The number of rotatable bonds is 3. The Labute approximate surface area is 136 Å². The third kappa shape index (κ3) is 2.79. The second kappa shape index (κ2) is 5.98. The van der Waals surface area contributed by atoms with Gasteiger partial charge in [0.25, 0.3) is 0 Å². The minimum absolute atomic E-state index is 0.209. The van der Waals surface area contributed by atoms with Gasteiger partial charge in [0.1, 0.15) is 10.8 Å². The quantitative estimate of drug-likeness (QED) is 0.636. The van der Waals surface area contributed by atoms with E-state index in [1.807, 2.05) is 0 Å². The number of thiazole rings is 1. The average molecular weight is 383 g/mol. The number of methoxy groups -OCH3 is 1. The van der Waals surface area contributed by atoms with Gasteiger partial charge in [-0.05, 0) is 40.2 Å². The summed E-state index contributed by atoms with van der Waals surface area (Å²) in [4.78, 5) is 19.9. The van der Waals surface area contributed by atoms with Gasteiger partial charge in [0, 0.05) is 10.9 Å². The maximum Gasteiger partial charge on any atom is 0.357 e. The first-order valence-electron chi connectivity index (χ1n) is 6.05. The third-order valence-electron chi connectivity index (χ3n) is 2.78. The van der Waals surface area contributed by atoms with Crippen molar-refractivity contribution in [3.63, 3.8) is 0 Å². The molecule has 0 unspecified atom stereocenters. The number of benzene rings is 1. The molecule has 8 heteroatoms. The minimum Gasteiger partial charge on any atom is -0.464 e. The zero-order valence-corrected chi connectivity index (χ0v) is 13.6. The van der Waals surface area contributed by atoms with E-state index >= 15 is 0 Å². The monoisotopic (exact) mass is 382 g/mol. The topological polar surface area (TPSA) is 65.2 Å². The van der Waals surface area contributed by atoms with Crippen LogP contribution in [0.25, 0.3) is 22.2 Å². The van der Waals surface area contributed by atoms with Gasteiger partial charge in [0.2, 0.25) is 10.6 Å². The van der Waals surface area contributed by atoms with Crippen LogP contribution in [-0.2, 0) is 4.74 Å². The lowest BCUT2D eigenvalue weighted by molar-refractivity contribution is 0.0595. The summed E-state index contributed by atoms with van der Waals surface area (Å²) in [6.45, 7) is 0. The molecule has 0 amide bonds. The number of carbonyl (C=O) groups is 1. The first-order chi connectivity index (χ1) is 10.6. The molecule has 0 aliphatic heterocycles. The molecule has 112 valence electrons. The second-order valence-electron chi connectivity index (χ2n) is 4.18. The molecule has 0 fully saturated rings. The molecule has 0 spiro atoms. The summed E-state index contributed by atoms with van der Waals surface area (Å²) in [6.07, 6.45) is 0. The average Bonchev–Trinajstić information content (AvgIpc) is 3.14. The van der Waals surface area contributed by atoms with Crippen LogP contribution in [0.4, 0.5) is 4.39 Å². The predicted octanol–water partition coefficient (Wildman–Crippen LogP) is 4.15. The molecular weight excluding hydrogens is 375 g/mol. The van der Waals surface area contributed by atoms with E-state index in [0.717, 1.165) is 0 Å². The number of esters is 1. The van der Waals surface area contributed by atoms with Gasteiger partial charge in [0.05, 0.1) is 7.11 Å². The fourth-order valence-electron chi connectivity index (χ4n) is 1.73. The van der Waals surface area contributed by atoms with Crippen LogP contribution in [0.5, 0.6) is 0 Å². The van der Waals surface area contributed by atoms with Gasteiger partial charge in [-0.15, -0.1) is 11.3 Å². The lowest BCUT2D eigenvalue weighted by Gasteiger charge is -1.93. The Morgan fingerprint density at radius 1 is 1.32 bits per heavy atom. The summed E-state index contributed by atoms with van der Waals surface area (Å²) in [6, 6.07) is 5.79. The maximum absolute atomic E-state index is 13.0. The molecule has 3 aromatic rings. The number of halogens is 2.